The topological polar surface area (TPSA) is 87.1 Å². The summed E-state index contributed by atoms with van der Waals surface area (Å²) in [6.07, 6.45) is 4.95. The molecule has 0 spiro atoms. The lowest BCUT2D eigenvalue weighted by Crippen LogP contribution is -2.20. The maximum absolute atomic E-state index is 12.6. The number of carboxylic acids is 2. The van der Waals surface area contributed by atoms with Crippen LogP contribution in [0.4, 0.5) is 4.39 Å². The minimum atomic E-state index is -1.82. The highest BCUT2D eigenvalue weighted by atomic mass is 19.1. The fourth-order valence-corrected chi connectivity index (χ4v) is 2.16. The molecule has 1 fully saturated rings. The molecule has 128 valence electrons. The molecule has 0 atom stereocenters. The fraction of sp³-hybridized carbons (Fsp3) is 0.500. The van der Waals surface area contributed by atoms with Crippen LogP contribution in [0.15, 0.2) is 24.3 Å². The molecule has 0 aromatic heterocycles. The second-order valence-corrected chi connectivity index (χ2v) is 5.17. The maximum Gasteiger partial charge on any atom is 0.414 e. The number of carbonyl (C=O) groups is 2. The Labute approximate surface area is 134 Å². The van der Waals surface area contributed by atoms with Crippen LogP contribution in [0.3, 0.4) is 0 Å². The zero-order chi connectivity index (χ0) is 17.1. The third-order valence-electron chi connectivity index (χ3n) is 3.33. The van der Waals surface area contributed by atoms with Gasteiger partial charge in [0.05, 0.1) is 6.61 Å². The largest absolute Gasteiger partial charge is 0.494 e. The monoisotopic (exact) mass is 327 g/mol. The molecule has 1 aliphatic rings. The van der Waals surface area contributed by atoms with Crippen LogP contribution in [0.1, 0.15) is 25.7 Å². The van der Waals surface area contributed by atoms with E-state index in [1.165, 1.54) is 51.0 Å². The molecule has 1 heterocycles. The summed E-state index contributed by atoms with van der Waals surface area (Å²) in [5, 5.41) is 14.8. The number of hydrogen-bond donors (Lipinski definition) is 2. The van der Waals surface area contributed by atoms with Gasteiger partial charge in [-0.3, -0.25) is 0 Å². The van der Waals surface area contributed by atoms with Gasteiger partial charge >= 0.3 is 11.9 Å². The number of likely N-dealkylation sites (tertiary alicyclic amines) is 1. The van der Waals surface area contributed by atoms with Gasteiger partial charge in [0.15, 0.2) is 0 Å². The van der Waals surface area contributed by atoms with Crippen LogP contribution in [-0.4, -0.2) is 53.3 Å². The number of benzene rings is 1. The molecular formula is C16H22FNO5. The van der Waals surface area contributed by atoms with E-state index >= 15 is 0 Å². The summed E-state index contributed by atoms with van der Waals surface area (Å²) in [4.78, 5) is 20.7. The summed E-state index contributed by atoms with van der Waals surface area (Å²) in [6, 6.07) is 6.21. The maximum atomic E-state index is 12.6. The molecule has 0 radical (unpaired) electrons. The Morgan fingerprint density at radius 1 is 1.04 bits per heavy atom. The summed E-state index contributed by atoms with van der Waals surface area (Å²) < 4.78 is 18.2. The fourth-order valence-electron chi connectivity index (χ4n) is 2.16. The lowest BCUT2D eigenvalue weighted by Gasteiger charge is -2.14. The van der Waals surface area contributed by atoms with E-state index in [0.717, 1.165) is 18.8 Å². The Hall–Kier alpha value is -2.15. The highest BCUT2D eigenvalue weighted by Gasteiger charge is 2.09. The van der Waals surface area contributed by atoms with Crippen molar-refractivity contribution in [3.05, 3.63) is 30.1 Å². The number of hydrogen-bond acceptors (Lipinski definition) is 4. The molecular weight excluding hydrogens is 305 g/mol. The Morgan fingerprint density at radius 3 is 2.13 bits per heavy atom. The second-order valence-electron chi connectivity index (χ2n) is 5.17. The van der Waals surface area contributed by atoms with Crippen LogP contribution in [0.5, 0.6) is 5.75 Å². The summed E-state index contributed by atoms with van der Waals surface area (Å²) in [6.45, 7) is 4.43. The van der Waals surface area contributed by atoms with E-state index in [-0.39, 0.29) is 5.82 Å². The molecule has 1 aromatic carbocycles. The van der Waals surface area contributed by atoms with E-state index in [0.29, 0.717) is 0 Å². The van der Waals surface area contributed by atoms with Gasteiger partial charge in [-0.05, 0) is 69.6 Å². The van der Waals surface area contributed by atoms with Gasteiger partial charge in [0.2, 0.25) is 0 Å². The van der Waals surface area contributed by atoms with E-state index in [4.69, 9.17) is 24.5 Å². The van der Waals surface area contributed by atoms with Crippen molar-refractivity contribution >= 4 is 11.9 Å². The summed E-state index contributed by atoms with van der Waals surface area (Å²) in [5.41, 5.74) is 0. The van der Waals surface area contributed by atoms with Crippen molar-refractivity contribution in [2.75, 3.05) is 26.2 Å². The van der Waals surface area contributed by atoms with Gasteiger partial charge in [0.25, 0.3) is 0 Å². The van der Waals surface area contributed by atoms with Gasteiger partial charge < -0.3 is 19.8 Å². The third kappa shape index (κ3) is 8.77. The molecule has 7 heteroatoms. The van der Waals surface area contributed by atoms with Crippen molar-refractivity contribution < 1.29 is 28.9 Å². The van der Waals surface area contributed by atoms with E-state index in [1.807, 2.05) is 0 Å². The lowest BCUT2D eigenvalue weighted by atomic mass is 10.3. The summed E-state index contributed by atoms with van der Waals surface area (Å²) in [5.74, 6) is -3.11. The first-order valence-electron chi connectivity index (χ1n) is 7.56. The van der Waals surface area contributed by atoms with Crippen LogP contribution >= 0.6 is 0 Å². The Bertz CT molecular complexity index is 474. The Morgan fingerprint density at radius 2 is 1.61 bits per heavy atom. The average molecular weight is 327 g/mol. The van der Waals surface area contributed by atoms with Crippen molar-refractivity contribution in [2.45, 2.75) is 25.7 Å². The van der Waals surface area contributed by atoms with E-state index < -0.39 is 11.9 Å². The minimum Gasteiger partial charge on any atom is -0.494 e. The molecule has 2 rings (SSSR count). The normalized spacial score (nSPS) is 14.0. The summed E-state index contributed by atoms with van der Waals surface area (Å²) >= 11 is 0. The molecule has 23 heavy (non-hydrogen) atoms. The van der Waals surface area contributed by atoms with E-state index in [1.54, 1.807) is 12.1 Å². The van der Waals surface area contributed by atoms with Gasteiger partial charge in [0, 0.05) is 0 Å². The standard InChI is InChI=1S/C14H20FNO.C2H2O4/c15-13-5-7-14(8-6-13)17-12-4-3-11-16-9-1-2-10-16;3-1(4)2(5)6/h5-8H,1-4,9-12H2;(H,3,4)(H,5,6). The van der Waals surface area contributed by atoms with Crippen molar-refractivity contribution in [1.29, 1.82) is 0 Å². The number of rotatable bonds is 6. The van der Waals surface area contributed by atoms with E-state index in [2.05, 4.69) is 4.90 Å². The van der Waals surface area contributed by atoms with Gasteiger partial charge in [0.1, 0.15) is 11.6 Å². The molecule has 0 amide bonds. The predicted octanol–water partition coefficient (Wildman–Crippen LogP) is 2.24. The molecule has 1 aliphatic heterocycles. The summed E-state index contributed by atoms with van der Waals surface area (Å²) in [7, 11) is 0. The molecule has 0 aliphatic carbocycles. The van der Waals surface area contributed by atoms with Gasteiger partial charge in [-0.25, -0.2) is 14.0 Å². The highest BCUT2D eigenvalue weighted by molar-refractivity contribution is 6.27. The van der Waals surface area contributed by atoms with Crippen molar-refractivity contribution in [3.63, 3.8) is 0 Å². The van der Waals surface area contributed by atoms with Crippen molar-refractivity contribution in [1.82, 2.24) is 4.90 Å². The number of ether oxygens (including phenoxy) is 1. The number of carboxylic acid groups (broad SMARTS) is 2. The quantitative estimate of drug-likeness (QED) is 0.615. The number of nitrogens with zero attached hydrogens (tertiary/aromatic N) is 1. The predicted molar refractivity (Wildman–Crippen MR) is 82.1 cm³/mol. The zero-order valence-electron chi connectivity index (χ0n) is 12.9. The minimum absolute atomic E-state index is 0.216. The number of halogens is 1. The van der Waals surface area contributed by atoms with Crippen LogP contribution in [-0.2, 0) is 9.59 Å². The molecule has 2 N–H and O–H groups in total. The average Bonchev–Trinajstić information content (AvgIpc) is 3.02. The van der Waals surface area contributed by atoms with Crippen LogP contribution in [0, 0.1) is 5.82 Å². The van der Waals surface area contributed by atoms with E-state index in [9.17, 15) is 4.39 Å². The molecule has 1 aromatic rings. The highest BCUT2D eigenvalue weighted by Crippen LogP contribution is 2.12. The SMILES string of the molecule is Fc1ccc(OCCCCN2CCCC2)cc1.O=C(O)C(=O)O. The first kappa shape index (κ1) is 18.9. The molecule has 0 saturated carbocycles. The molecule has 0 unspecified atom stereocenters. The van der Waals surface area contributed by atoms with Crippen molar-refractivity contribution in [2.24, 2.45) is 0 Å². The molecule has 6 nitrogen and oxygen atoms in total. The van der Waals surface area contributed by atoms with Gasteiger partial charge in [-0.1, -0.05) is 0 Å². The van der Waals surface area contributed by atoms with Crippen LogP contribution in [0.2, 0.25) is 0 Å². The third-order valence-corrected chi connectivity index (χ3v) is 3.33. The number of aliphatic carboxylic acids is 2. The first-order chi connectivity index (χ1) is 11.0. The lowest BCUT2D eigenvalue weighted by molar-refractivity contribution is -0.159. The Kier molecular flexibility index (Phi) is 8.67. The van der Waals surface area contributed by atoms with Crippen LogP contribution < -0.4 is 4.74 Å². The van der Waals surface area contributed by atoms with Crippen molar-refractivity contribution in [3.8, 4) is 5.75 Å². The number of unbranched alkanes of at least 4 members (excludes halogenated alkanes) is 1. The second kappa shape index (κ2) is 10.6. The smallest absolute Gasteiger partial charge is 0.414 e. The molecule has 1 saturated heterocycles. The molecule has 0 bridgehead atoms. The first-order valence-corrected chi connectivity index (χ1v) is 7.56. The van der Waals surface area contributed by atoms with Gasteiger partial charge in [-0.15, -0.1) is 0 Å². The van der Waals surface area contributed by atoms with Gasteiger partial charge in [-0.2, -0.15) is 0 Å². The van der Waals surface area contributed by atoms with Crippen LogP contribution in [0.25, 0.3) is 0 Å². The Balaban J connectivity index is 0.000000379. The zero-order valence-corrected chi connectivity index (χ0v) is 12.9.